The van der Waals surface area contributed by atoms with Crippen molar-refractivity contribution in [3.05, 3.63) is 94.2 Å². The van der Waals surface area contributed by atoms with Crippen molar-refractivity contribution >= 4 is 33.6 Å². The van der Waals surface area contributed by atoms with E-state index in [4.69, 9.17) is 0 Å². The van der Waals surface area contributed by atoms with Crippen LogP contribution in [0.15, 0.2) is 77.4 Å². The van der Waals surface area contributed by atoms with Crippen LogP contribution in [0.5, 0.6) is 0 Å². The van der Waals surface area contributed by atoms with Crippen molar-refractivity contribution in [3.63, 3.8) is 0 Å². The molecule has 1 aromatic heterocycles. The number of nitrogens with one attached hydrogen (secondary N) is 2. The summed E-state index contributed by atoms with van der Waals surface area (Å²) in [6.07, 6.45) is 1.77. The Morgan fingerprint density at radius 1 is 1.03 bits per heavy atom. The van der Waals surface area contributed by atoms with E-state index in [0.717, 1.165) is 15.7 Å². The Morgan fingerprint density at radius 2 is 1.76 bits per heavy atom. The van der Waals surface area contributed by atoms with Crippen LogP contribution in [0, 0.1) is 0 Å². The number of benzene rings is 2. The van der Waals surface area contributed by atoms with Crippen LogP contribution in [-0.2, 0) is 11.2 Å². The Balaban J connectivity index is 1.76. The van der Waals surface area contributed by atoms with Crippen LogP contribution in [0.4, 0.5) is 10.5 Å². The lowest BCUT2D eigenvalue weighted by molar-refractivity contribution is 0.0935. The highest BCUT2D eigenvalue weighted by atomic mass is 79.9. The van der Waals surface area contributed by atoms with Gasteiger partial charge in [-0.15, -0.1) is 0 Å². The first-order chi connectivity index (χ1) is 14.0. The molecule has 0 saturated heterocycles. The van der Waals surface area contributed by atoms with Crippen LogP contribution < -0.4 is 10.6 Å². The average molecular weight is 454 g/mol. The van der Waals surface area contributed by atoms with Crippen LogP contribution in [-0.4, -0.2) is 24.1 Å². The van der Waals surface area contributed by atoms with E-state index in [-0.39, 0.29) is 11.9 Å². The molecule has 0 unspecified atom stereocenters. The van der Waals surface area contributed by atoms with Gasteiger partial charge < -0.3 is 10.1 Å². The van der Waals surface area contributed by atoms with Crippen molar-refractivity contribution in [3.8, 4) is 0 Å². The van der Waals surface area contributed by atoms with E-state index < -0.39 is 6.09 Å². The second kappa shape index (κ2) is 9.84. The second-order valence-corrected chi connectivity index (χ2v) is 7.23. The molecule has 3 rings (SSSR count). The van der Waals surface area contributed by atoms with Crippen molar-refractivity contribution in [2.24, 2.45) is 0 Å². The van der Waals surface area contributed by atoms with E-state index in [0.29, 0.717) is 17.7 Å². The number of nitrogens with zero attached hydrogens (tertiary/aromatic N) is 1. The third-order valence-electron chi connectivity index (χ3n) is 4.27. The van der Waals surface area contributed by atoms with Crippen molar-refractivity contribution in [1.82, 2.24) is 10.3 Å². The number of methoxy groups -OCH3 is 1. The van der Waals surface area contributed by atoms with Gasteiger partial charge in [-0.05, 0) is 64.3 Å². The molecule has 0 fully saturated rings. The summed E-state index contributed by atoms with van der Waals surface area (Å²) in [6, 6.07) is 20.0. The van der Waals surface area contributed by atoms with Gasteiger partial charge in [0, 0.05) is 21.9 Å². The number of carbonyl (C=O) groups excluding carboxylic acids is 2. The van der Waals surface area contributed by atoms with Crippen molar-refractivity contribution in [2.75, 3.05) is 12.4 Å². The standard InChI is InChI=1S/C22H20BrN3O3/c1-29-22(28)25-18-10-7-16(8-11-18)21(27)26-20(13-15-5-3-2-4-6-15)19-12-9-17(23)14-24-19/h2-12,14,20H,13H2,1H3,(H,25,28)(H,26,27)/t20-/m0/s1. The summed E-state index contributed by atoms with van der Waals surface area (Å²) in [4.78, 5) is 28.5. The lowest BCUT2D eigenvalue weighted by Crippen LogP contribution is -2.30. The second-order valence-electron chi connectivity index (χ2n) is 6.31. The monoisotopic (exact) mass is 453 g/mol. The molecule has 1 heterocycles. The summed E-state index contributed by atoms with van der Waals surface area (Å²) in [6.45, 7) is 0. The lowest BCUT2D eigenvalue weighted by Gasteiger charge is -2.19. The third kappa shape index (κ3) is 5.89. The Bertz CT molecular complexity index is 961. The topological polar surface area (TPSA) is 80.3 Å². The highest BCUT2D eigenvalue weighted by molar-refractivity contribution is 9.10. The minimum absolute atomic E-state index is 0.222. The van der Waals surface area contributed by atoms with Gasteiger partial charge in [-0.1, -0.05) is 30.3 Å². The molecule has 6 nitrogen and oxygen atoms in total. The van der Waals surface area contributed by atoms with Crippen LogP contribution in [0.2, 0.25) is 0 Å². The summed E-state index contributed by atoms with van der Waals surface area (Å²) in [7, 11) is 1.29. The van der Waals surface area contributed by atoms with Gasteiger partial charge in [0.2, 0.25) is 0 Å². The van der Waals surface area contributed by atoms with Crippen LogP contribution in [0.25, 0.3) is 0 Å². The smallest absolute Gasteiger partial charge is 0.411 e. The molecule has 0 aliphatic heterocycles. The first-order valence-corrected chi connectivity index (χ1v) is 9.75. The van der Waals surface area contributed by atoms with E-state index in [1.807, 2.05) is 42.5 Å². The quantitative estimate of drug-likeness (QED) is 0.564. The molecule has 7 heteroatoms. The number of aromatic nitrogens is 1. The molecule has 0 bridgehead atoms. The number of rotatable bonds is 6. The highest BCUT2D eigenvalue weighted by Gasteiger charge is 2.18. The van der Waals surface area contributed by atoms with Gasteiger partial charge >= 0.3 is 6.09 Å². The first kappa shape index (κ1) is 20.5. The summed E-state index contributed by atoms with van der Waals surface area (Å²) in [5.41, 5.74) is 2.90. The zero-order chi connectivity index (χ0) is 20.6. The number of hydrogen-bond acceptors (Lipinski definition) is 4. The van der Waals surface area contributed by atoms with Crippen molar-refractivity contribution in [1.29, 1.82) is 0 Å². The number of hydrogen-bond donors (Lipinski definition) is 2. The highest BCUT2D eigenvalue weighted by Crippen LogP contribution is 2.20. The van der Waals surface area contributed by atoms with E-state index >= 15 is 0 Å². The molecule has 1 atom stereocenters. The van der Waals surface area contributed by atoms with Crippen molar-refractivity contribution < 1.29 is 14.3 Å². The summed E-state index contributed by atoms with van der Waals surface area (Å²) in [5.74, 6) is -0.222. The summed E-state index contributed by atoms with van der Waals surface area (Å²) < 4.78 is 5.43. The van der Waals surface area contributed by atoms with E-state index in [1.165, 1.54) is 7.11 Å². The fourth-order valence-corrected chi connectivity index (χ4v) is 3.02. The van der Waals surface area contributed by atoms with E-state index in [2.05, 4.69) is 36.3 Å². The van der Waals surface area contributed by atoms with Crippen molar-refractivity contribution in [2.45, 2.75) is 12.5 Å². The van der Waals surface area contributed by atoms with Crippen LogP contribution >= 0.6 is 15.9 Å². The number of carbonyl (C=O) groups is 2. The van der Waals surface area contributed by atoms with Gasteiger partial charge in [-0.2, -0.15) is 0 Å². The molecule has 3 aromatic rings. The average Bonchev–Trinajstić information content (AvgIpc) is 2.75. The Hall–Kier alpha value is -3.19. The summed E-state index contributed by atoms with van der Waals surface area (Å²) >= 11 is 3.39. The fraction of sp³-hybridized carbons (Fsp3) is 0.136. The maximum Gasteiger partial charge on any atom is 0.411 e. The van der Waals surface area contributed by atoms with Crippen LogP contribution in [0.3, 0.4) is 0 Å². The van der Waals surface area contributed by atoms with Gasteiger partial charge in [0.1, 0.15) is 0 Å². The molecule has 2 aromatic carbocycles. The number of anilines is 1. The first-order valence-electron chi connectivity index (χ1n) is 8.96. The zero-order valence-corrected chi connectivity index (χ0v) is 17.3. The molecule has 0 aliphatic carbocycles. The molecule has 2 N–H and O–H groups in total. The Kier molecular flexibility index (Phi) is 6.97. The number of pyridine rings is 1. The molecule has 29 heavy (non-hydrogen) atoms. The third-order valence-corrected chi connectivity index (χ3v) is 4.74. The minimum atomic E-state index is -0.563. The minimum Gasteiger partial charge on any atom is -0.453 e. The molecule has 0 radical (unpaired) electrons. The van der Waals surface area contributed by atoms with Gasteiger partial charge in [-0.25, -0.2) is 4.79 Å². The predicted molar refractivity (Wildman–Crippen MR) is 115 cm³/mol. The maximum absolute atomic E-state index is 12.8. The molecule has 0 spiro atoms. The maximum atomic E-state index is 12.8. The largest absolute Gasteiger partial charge is 0.453 e. The van der Waals surface area contributed by atoms with Gasteiger partial charge in [0.05, 0.1) is 18.8 Å². The SMILES string of the molecule is COC(=O)Nc1ccc(C(=O)N[C@@H](Cc2ccccc2)c2ccc(Br)cn2)cc1. The van der Waals surface area contributed by atoms with Gasteiger partial charge in [0.25, 0.3) is 5.91 Å². The molecular formula is C22H20BrN3O3. The van der Waals surface area contributed by atoms with Crippen LogP contribution in [0.1, 0.15) is 27.7 Å². The normalized spacial score (nSPS) is 11.4. The molecule has 148 valence electrons. The number of amides is 2. The fourth-order valence-electron chi connectivity index (χ4n) is 2.79. The summed E-state index contributed by atoms with van der Waals surface area (Å²) in [5, 5.41) is 5.62. The lowest BCUT2D eigenvalue weighted by atomic mass is 10.0. The number of halogens is 1. The zero-order valence-electron chi connectivity index (χ0n) is 15.8. The Morgan fingerprint density at radius 3 is 2.38 bits per heavy atom. The van der Waals surface area contributed by atoms with Gasteiger partial charge in [-0.3, -0.25) is 15.1 Å². The molecule has 0 saturated carbocycles. The van der Waals surface area contributed by atoms with Gasteiger partial charge in [0.15, 0.2) is 0 Å². The van der Waals surface area contributed by atoms with E-state index in [9.17, 15) is 9.59 Å². The van der Waals surface area contributed by atoms with E-state index in [1.54, 1.807) is 30.5 Å². The predicted octanol–water partition coefficient (Wildman–Crippen LogP) is 4.74. The molecule has 0 aliphatic rings. The number of ether oxygens (including phenoxy) is 1. The molecule has 2 amide bonds. The Labute approximate surface area is 177 Å². The molecular weight excluding hydrogens is 434 g/mol.